The highest BCUT2D eigenvalue weighted by Gasteiger charge is 2.24. The molecule has 0 saturated heterocycles. The van der Waals surface area contributed by atoms with Crippen LogP contribution < -0.4 is 14.4 Å². The van der Waals surface area contributed by atoms with Crippen molar-refractivity contribution in [3.63, 3.8) is 0 Å². The largest absolute Gasteiger partial charge is 0.496 e. The van der Waals surface area contributed by atoms with Gasteiger partial charge in [0.2, 0.25) is 5.91 Å². The van der Waals surface area contributed by atoms with E-state index in [0.717, 1.165) is 28.8 Å². The molecule has 26 heavy (non-hydrogen) atoms. The van der Waals surface area contributed by atoms with Crippen molar-refractivity contribution in [1.82, 2.24) is 0 Å². The van der Waals surface area contributed by atoms with Gasteiger partial charge in [-0.1, -0.05) is 6.07 Å². The van der Waals surface area contributed by atoms with Crippen molar-refractivity contribution in [2.75, 3.05) is 23.3 Å². The maximum Gasteiger partial charge on any atom is 0.261 e. The van der Waals surface area contributed by atoms with Crippen LogP contribution in [-0.4, -0.2) is 28.0 Å². The van der Waals surface area contributed by atoms with E-state index < -0.39 is 10.0 Å². The maximum atomic E-state index is 12.8. The van der Waals surface area contributed by atoms with E-state index in [9.17, 15) is 13.2 Å². The Kier molecular flexibility index (Phi) is 4.66. The Hall–Kier alpha value is -2.54. The lowest BCUT2D eigenvalue weighted by atomic mass is 10.1. The zero-order valence-corrected chi connectivity index (χ0v) is 16.1. The Labute approximate surface area is 153 Å². The molecule has 1 amide bonds. The van der Waals surface area contributed by atoms with E-state index >= 15 is 0 Å². The summed E-state index contributed by atoms with van der Waals surface area (Å²) in [4.78, 5) is 13.6. The summed E-state index contributed by atoms with van der Waals surface area (Å²) in [5.74, 6) is 0.628. The summed E-state index contributed by atoms with van der Waals surface area (Å²) in [6.45, 7) is 5.75. The molecule has 0 aromatic heterocycles. The van der Waals surface area contributed by atoms with E-state index in [1.54, 1.807) is 36.3 Å². The van der Waals surface area contributed by atoms with Crippen LogP contribution in [0.25, 0.3) is 0 Å². The highest BCUT2D eigenvalue weighted by molar-refractivity contribution is 7.92. The number of hydrogen-bond donors (Lipinski definition) is 1. The number of hydrogen-bond acceptors (Lipinski definition) is 4. The predicted molar refractivity (Wildman–Crippen MR) is 101 cm³/mol. The van der Waals surface area contributed by atoms with Gasteiger partial charge in [0.1, 0.15) is 5.75 Å². The number of carbonyl (C=O) groups is 1. The molecule has 2 aromatic rings. The molecular weight excluding hydrogens is 352 g/mol. The number of carbonyl (C=O) groups excluding carboxylic acids is 1. The molecule has 0 saturated carbocycles. The number of benzene rings is 2. The smallest absolute Gasteiger partial charge is 0.261 e. The second kappa shape index (κ2) is 6.64. The Morgan fingerprint density at radius 1 is 1.15 bits per heavy atom. The molecule has 1 aliphatic rings. The normalized spacial score (nSPS) is 13.5. The molecule has 1 heterocycles. The minimum absolute atomic E-state index is 0.0508. The first-order valence-corrected chi connectivity index (χ1v) is 9.80. The van der Waals surface area contributed by atoms with Gasteiger partial charge in [-0.05, 0) is 61.2 Å². The van der Waals surface area contributed by atoms with Gasteiger partial charge < -0.3 is 9.64 Å². The summed E-state index contributed by atoms with van der Waals surface area (Å²) < 4.78 is 33.5. The lowest BCUT2D eigenvalue weighted by molar-refractivity contribution is -0.116. The topological polar surface area (TPSA) is 75.7 Å². The number of aryl methyl sites for hydroxylation is 2. The summed E-state index contributed by atoms with van der Waals surface area (Å²) in [7, 11) is -2.18. The number of amides is 1. The molecule has 6 nitrogen and oxygen atoms in total. The first-order valence-electron chi connectivity index (χ1n) is 8.32. The molecule has 2 aromatic carbocycles. The Morgan fingerprint density at radius 3 is 2.38 bits per heavy atom. The Balaban J connectivity index is 1.94. The molecule has 138 valence electrons. The van der Waals surface area contributed by atoms with Crippen molar-refractivity contribution in [3.05, 3.63) is 47.0 Å². The standard InChI is InChI=1S/C19H22N2O4S/c1-12-9-17(10-13(2)19(12)25-4)26(23,24)20-16-6-5-15-7-8-21(14(3)22)18(15)11-16/h5-6,9-11,20H,7-8H2,1-4H3. The van der Waals surface area contributed by atoms with Gasteiger partial charge >= 0.3 is 0 Å². The third-order valence-corrected chi connectivity index (χ3v) is 5.92. The summed E-state index contributed by atoms with van der Waals surface area (Å²) in [5.41, 5.74) is 3.75. The molecule has 0 bridgehead atoms. The Bertz CT molecular complexity index is 960. The van der Waals surface area contributed by atoms with Crippen LogP contribution in [0.3, 0.4) is 0 Å². The highest BCUT2D eigenvalue weighted by atomic mass is 32.2. The van der Waals surface area contributed by atoms with E-state index in [-0.39, 0.29) is 10.8 Å². The predicted octanol–water partition coefficient (Wildman–Crippen LogP) is 3.02. The van der Waals surface area contributed by atoms with Gasteiger partial charge in [-0.25, -0.2) is 8.42 Å². The molecular formula is C19H22N2O4S. The van der Waals surface area contributed by atoms with Crippen LogP contribution in [0, 0.1) is 13.8 Å². The Morgan fingerprint density at radius 2 is 1.81 bits per heavy atom. The fourth-order valence-electron chi connectivity index (χ4n) is 3.37. The molecule has 7 heteroatoms. The number of fused-ring (bicyclic) bond motifs is 1. The van der Waals surface area contributed by atoms with Crippen LogP contribution in [0.1, 0.15) is 23.6 Å². The zero-order chi connectivity index (χ0) is 19.1. The van der Waals surface area contributed by atoms with Gasteiger partial charge in [-0.2, -0.15) is 0 Å². The van der Waals surface area contributed by atoms with Crippen molar-refractivity contribution >= 4 is 27.3 Å². The van der Waals surface area contributed by atoms with E-state index in [1.807, 2.05) is 19.9 Å². The molecule has 1 N–H and O–H groups in total. The van der Waals surface area contributed by atoms with E-state index in [2.05, 4.69) is 4.72 Å². The first-order chi connectivity index (χ1) is 12.2. The van der Waals surface area contributed by atoms with E-state index in [4.69, 9.17) is 4.74 Å². The number of anilines is 2. The lowest BCUT2D eigenvalue weighted by Gasteiger charge is -2.17. The lowest BCUT2D eigenvalue weighted by Crippen LogP contribution is -2.25. The fraction of sp³-hybridized carbons (Fsp3) is 0.316. The number of methoxy groups -OCH3 is 1. The van der Waals surface area contributed by atoms with Crippen molar-refractivity contribution in [2.45, 2.75) is 32.1 Å². The molecule has 0 unspecified atom stereocenters. The van der Waals surface area contributed by atoms with Crippen LogP contribution in [0.2, 0.25) is 0 Å². The van der Waals surface area contributed by atoms with Gasteiger partial charge in [0, 0.05) is 19.2 Å². The molecule has 0 atom stereocenters. The van der Waals surface area contributed by atoms with Gasteiger partial charge in [-0.3, -0.25) is 9.52 Å². The second-order valence-electron chi connectivity index (χ2n) is 6.46. The van der Waals surface area contributed by atoms with Crippen LogP contribution in [-0.2, 0) is 21.2 Å². The highest BCUT2D eigenvalue weighted by Crippen LogP contribution is 2.32. The molecule has 0 fully saturated rings. The van der Waals surface area contributed by atoms with Crippen molar-refractivity contribution in [1.29, 1.82) is 0 Å². The summed E-state index contributed by atoms with van der Waals surface area (Å²) in [6, 6.07) is 8.47. The number of rotatable bonds is 4. The molecule has 0 aliphatic carbocycles. The van der Waals surface area contributed by atoms with Crippen LogP contribution >= 0.6 is 0 Å². The number of nitrogens with one attached hydrogen (secondary N) is 1. The minimum atomic E-state index is -3.75. The quantitative estimate of drug-likeness (QED) is 0.893. The third kappa shape index (κ3) is 3.26. The van der Waals surface area contributed by atoms with Gasteiger partial charge in [-0.15, -0.1) is 0 Å². The number of nitrogens with zero attached hydrogens (tertiary/aromatic N) is 1. The summed E-state index contributed by atoms with van der Waals surface area (Å²) in [5, 5.41) is 0. The van der Waals surface area contributed by atoms with Crippen molar-refractivity contribution < 1.29 is 17.9 Å². The molecule has 0 radical (unpaired) electrons. The first kappa shape index (κ1) is 18.3. The fourth-order valence-corrected chi connectivity index (χ4v) is 4.59. The van der Waals surface area contributed by atoms with Crippen molar-refractivity contribution in [3.8, 4) is 5.75 Å². The number of sulfonamides is 1. The monoisotopic (exact) mass is 374 g/mol. The van der Waals surface area contributed by atoms with Gasteiger partial charge in [0.25, 0.3) is 10.0 Å². The van der Waals surface area contributed by atoms with Gasteiger partial charge in [0.05, 0.1) is 17.7 Å². The SMILES string of the molecule is COc1c(C)cc(S(=O)(=O)Nc2ccc3c(c2)N(C(C)=O)CC3)cc1C. The minimum Gasteiger partial charge on any atom is -0.496 e. The second-order valence-corrected chi connectivity index (χ2v) is 8.14. The van der Waals surface area contributed by atoms with Crippen LogP contribution in [0.4, 0.5) is 11.4 Å². The molecule has 0 spiro atoms. The van der Waals surface area contributed by atoms with Crippen LogP contribution in [0.5, 0.6) is 5.75 Å². The third-order valence-electron chi connectivity index (χ3n) is 4.56. The van der Waals surface area contributed by atoms with Crippen LogP contribution in [0.15, 0.2) is 35.2 Å². The summed E-state index contributed by atoms with van der Waals surface area (Å²) in [6.07, 6.45) is 0.777. The van der Waals surface area contributed by atoms with E-state index in [0.29, 0.717) is 18.0 Å². The average Bonchev–Trinajstić information content (AvgIpc) is 2.97. The van der Waals surface area contributed by atoms with Gasteiger partial charge in [0.15, 0.2) is 0 Å². The summed E-state index contributed by atoms with van der Waals surface area (Å²) >= 11 is 0. The zero-order valence-electron chi connectivity index (χ0n) is 15.3. The van der Waals surface area contributed by atoms with Crippen molar-refractivity contribution in [2.24, 2.45) is 0 Å². The number of ether oxygens (including phenoxy) is 1. The molecule has 3 rings (SSSR count). The average molecular weight is 374 g/mol. The van der Waals surface area contributed by atoms with E-state index in [1.165, 1.54) is 6.92 Å². The molecule has 1 aliphatic heterocycles. The maximum absolute atomic E-state index is 12.8.